The van der Waals surface area contributed by atoms with Gasteiger partial charge in [-0.05, 0) is 61.4 Å². The Bertz CT molecular complexity index is 1440. The largest absolute Gasteiger partial charge is 0.493 e. The van der Waals surface area contributed by atoms with Crippen molar-refractivity contribution in [3.8, 4) is 22.8 Å². The van der Waals surface area contributed by atoms with E-state index in [0.29, 0.717) is 47.9 Å². The second-order valence-corrected chi connectivity index (χ2v) is 8.83. The molecule has 4 aromatic rings. The Morgan fingerprint density at radius 3 is 2.64 bits per heavy atom. The number of hydrogen-bond acceptors (Lipinski definition) is 8. The first-order valence-corrected chi connectivity index (χ1v) is 11.7. The van der Waals surface area contributed by atoms with E-state index in [1.807, 2.05) is 61.5 Å². The van der Waals surface area contributed by atoms with Crippen LogP contribution in [-0.2, 0) is 4.79 Å². The molecule has 2 aromatic carbocycles. The highest BCUT2D eigenvalue weighted by Crippen LogP contribution is 2.34. The van der Waals surface area contributed by atoms with Gasteiger partial charge in [0.1, 0.15) is 5.52 Å². The first kappa shape index (κ1) is 23.3. The van der Waals surface area contributed by atoms with Crippen molar-refractivity contribution in [1.82, 2.24) is 15.0 Å². The number of nitrogens with two attached hydrogens (primary N) is 1. The molecule has 1 amide bonds. The van der Waals surface area contributed by atoms with Gasteiger partial charge in [-0.15, -0.1) is 0 Å². The molecule has 1 saturated heterocycles. The fourth-order valence-electron chi connectivity index (χ4n) is 4.53. The van der Waals surface area contributed by atoms with Crippen molar-refractivity contribution in [2.24, 2.45) is 5.92 Å². The number of fused-ring (bicyclic) bond motifs is 1. The molecule has 9 nitrogen and oxygen atoms in total. The van der Waals surface area contributed by atoms with Gasteiger partial charge in [0.2, 0.25) is 11.9 Å². The van der Waals surface area contributed by atoms with E-state index < -0.39 is 0 Å². The minimum atomic E-state index is -0.175. The second-order valence-electron chi connectivity index (χ2n) is 8.83. The molecule has 9 heteroatoms. The van der Waals surface area contributed by atoms with E-state index in [2.05, 4.69) is 20.2 Å². The van der Waals surface area contributed by atoms with Crippen LogP contribution in [0.15, 0.2) is 54.6 Å². The van der Waals surface area contributed by atoms with Crippen molar-refractivity contribution in [3.63, 3.8) is 0 Å². The number of aromatic nitrogens is 3. The summed E-state index contributed by atoms with van der Waals surface area (Å²) in [5.74, 6) is 1.88. The summed E-state index contributed by atoms with van der Waals surface area (Å²) in [6.07, 6.45) is 0.707. The number of benzene rings is 2. The lowest BCUT2D eigenvalue weighted by Crippen LogP contribution is -2.27. The molecule has 1 fully saturated rings. The van der Waals surface area contributed by atoms with Gasteiger partial charge >= 0.3 is 0 Å². The number of carbonyl (C=O) groups is 1. The quantitative estimate of drug-likeness (QED) is 0.421. The number of methoxy groups -OCH3 is 2. The number of pyridine rings is 1. The molecule has 184 valence electrons. The monoisotopic (exact) mass is 484 g/mol. The second kappa shape index (κ2) is 9.69. The maximum atomic E-state index is 13.0. The normalized spacial score (nSPS) is 15.2. The Hall–Kier alpha value is -4.40. The van der Waals surface area contributed by atoms with E-state index in [9.17, 15) is 4.79 Å². The third kappa shape index (κ3) is 4.59. The number of nitrogen functional groups attached to an aromatic ring is 1. The number of rotatable bonds is 6. The number of ether oxygens (including phenoxy) is 2. The van der Waals surface area contributed by atoms with E-state index >= 15 is 0 Å². The van der Waals surface area contributed by atoms with E-state index in [1.54, 1.807) is 14.2 Å². The molecular formula is C27H28N6O3. The van der Waals surface area contributed by atoms with Crippen molar-refractivity contribution in [2.45, 2.75) is 13.3 Å². The summed E-state index contributed by atoms with van der Waals surface area (Å²) in [6.45, 7) is 3.19. The van der Waals surface area contributed by atoms with Crippen molar-refractivity contribution in [1.29, 1.82) is 0 Å². The lowest BCUT2D eigenvalue weighted by atomic mass is 10.1. The Kier molecular flexibility index (Phi) is 6.28. The molecule has 36 heavy (non-hydrogen) atoms. The van der Waals surface area contributed by atoms with Gasteiger partial charge in [0.15, 0.2) is 17.3 Å². The number of nitrogens with one attached hydrogen (secondary N) is 1. The van der Waals surface area contributed by atoms with Crippen molar-refractivity contribution >= 4 is 34.4 Å². The summed E-state index contributed by atoms with van der Waals surface area (Å²) in [6, 6.07) is 17.2. The maximum Gasteiger partial charge on any atom is 0.229 e. The maximum absolute atomic E-state index is 13.0. The topological polar surface area (TPSA) is 115 Å². The van der Waals surface area contributed by atoms with Crippen LogP contribution in [0, 0.1) is 12.8 Å². The van der Waals surface area contributed by atoms with Crippen LogP contribution in [-0.4, -0.2) is 48.2 Å². The fourth-order valence-corrected chi connectivity index (χ4v) is 4.53. The summed E-state index contributed by atoms with van der Waals surface area (Å²) >= 11 is 0. The van der Waals surface area contributed by atoms with Crippen LogP contribution in [0.2, 0.25) is 0 Å². The average molecular weight is 485 g/mol. The molecule has 1 atom stereocenters. The highest BCUT2D eigenvalue weighted by Gasteiger charge is 2.31. The summed E-state index contributed by atoms with van der Waals surface area (Å²) < 4.78 is 10.8. The number of amides is 1. The van der Waals surface area contributed by atoms with Crippen molar-refractivity contribution < 1.29 is 14.3 Å². The molecule has 0 saturated carbocycles. The van der Waals surface area contributed by atoms with Gasteiger partial charge in [-0.1, -0.05) is 12.1 Å². The predicted octanol–water partition coefficient (Wildman–Crippen LogP) is 4.06. The van der Waals surface area contributed by atoms with Crippen LogP contribution in [0.25, 0.3) is 22.3 Å². The molecule has 1 aliphatic rings. The van der Waals surface area contributed by atoms with Crippen LogP contribution in [0.4, 0.5) is 17.5 Å². The highest BCUT2D eigenvalue weighted by atomic mass is 16.5. The van der Waals surface area contributed by atoms with Gasteiger partial charge in [-0.25, -0.2) is 9.97 Å². The molecule has 5 rings (SSSR count). The Balaban J connectivity index is 1.43. The van der Waals surface area contributed by atoms with Crippen LogP contribution in [0.3, 0.4) is 0 Å². The van der Waals surface area contributed by atoms with E-state index in [4.69, 9.17) is 20.2 Å². The molecule has 1 aliphatic heterocycles. The first-order valence-electron chi connectivity index (χ1n) is 11.7. The minimum Gasteiger partial charge on any atom is -0.493 e. The Morgan fingerprint density at radius 2 is 1.86 bits per heavy atom. The molecule has 0 unspecified atom stereocenters. The lowest BCUT2D eigenvalue weighted by Gasteiger charge is -2.19. The predicted molar refractivity (Wildman–Crippen MR) is 140 cm³/mol. The van der Waals surface area contributed by atoms with Crippen molar-refractivity contribution in [3.05, 3.63) is 60.2 Å². The summed E-state index contributed by atoms with van der Waals surface area (Å²) in [5.41, 5.74) is 10.8. The summed E-state index contributed by atoms with van der Waals surface area (Å²) in [7, 11) is 3.20. The molecule has 0 aliphatic carbocycles. The molecule has 2 aromatic heterocycles. The van der Waals surface area contributed by atoms with Gasteiger partial charge < -0.3 is 25.4 Å². The summed E-state index contributed by atoms with van der Waals surface area (Å²) in [5, 5.41) is 3.04. The van der Waals surface area contributed by atoms with Gasteiger partial charge in [-0.2, -0.15) is 4.98 Å². The fraction of sp³-hybridized carbons (Fsp3) is 0.259. The Morgan fingerprint density at radius 1 is 1.03 bits per heavy atom. The van der Waals surface area contributed by atoms with E-state index in [1.165, 1.54) is 0 Å². The van der Waals surface area contributed by atoms with E-state index in [0.717, 1.165) is 22.5 Å². The lowest BCUT2D eigenvalue weighted by molar-refractivity contribution is -0.119. The average Bonchev–Trinajstić information content (AvgIpc) is 3.38. The molecule has 0 bridgehead atoms. The van der Waals surface area contributed by atoms with Crippen LogP contribution < -0.4 is 25.4 Å². The summed E-state index contributed by atoms with van der Waals surface area (Å²) in [4.78, 5) is 28.8. The molecule has 0 radical (unpaired) electrons. The number of carbonyl (C=O) groups excluding carboxylic acids is 1. The third-order valence-corrected chi connectivity index (χ3v) is 6.36. The molecular weight excluding hydrogens is 456 g/mol. The zero-order chi connectivity index (χ0) is 25.2. The molecule has 3 N–H and O–H groups in total. The zero-order valence-electron chi connectivity index (χ0n) is 20.5. The van der Waals surface area contributed by atoms with Gasteiger partial charge in [0.05, 0.1) is 31.3 Å². The number of hydrogen-bond donors (Lipinski definition) is 2. The third-order valence-electron chi connectivity index (χ3n) is 6.36. The van der Waals surface area contributed by atoms with Crippen LogP contribution in [0.1, 0.15) is 12.0 Å². The number of anilines is 3. The molecule has 0 spiro atoms. The first-order chi connectivity index (χ1) is 17.4. The van der Waals surface area contributed by atoms with Gasteiger partial charge in [0, 0.05) is 24.3 Å². The smallest absolute Gasteiger partial charge is 0.229 e. The van der Waals surface area contributed by atoms with Crippen molar-refractivity contribution in [2.75, 3.05) is 43.3 Å². The van der Waals surface area contributed by atoms with Crippen LogP contribution in [0.5, 0.6) is 11.5 Å². The Labute approximate surface area is 209 Å². The van der Waals surface area contributed by atoms with E-state index in [-0.39, 0.29) is 17.8 Å². The number of aryl methyl sites for hydroxylation is 1. The number of nitrogens with zero attached hydrogens (tertiary/aromatic N) is 4. The standard InChI is InChI=1S/C27H28N6O3/c1-16-5-4-6-19(13-16)29-26(34)18-11-12-33(15-18)25-24-21(31-27(28)32-25)9-8-20(30-24)17-7-10-22(35-2)23(14-17)36-3/h4-10,13-14,18H,11-12,15H2,1-3H3,(H,29,34)(H2,28,31,32)/t18-/m0/s1. The minimum absolute atomic E-state index is 0.00610. The molecule has 3 heterocycles. The van der Waals surface area contributed by atoms with Gasteiger partial charge in [-0.3, -0.25) is 4.79 Å². The zero-order valence-corrected chi connectivity index (χ0v) is 20.5. The highest BCUT2D eigenvalue weighted by molar-refractivity contribution is 5.94. The van der Waals surface area contributed by atoms with Gasteiger partial charge in [0.25, 0.3) is 0 Å². The van der Waals surface area contributed by atoms with Crippen LogP contribution >= 0.6 is 0 Å². The SMILES string of the molecule is COc1ccc(-c2ccc3nc(N)nc(N4CC[C@H](C(=O)Nc5cccc(C)c5)C4)c3n2)cc1OC.